The van der Waals surface area contributed by atoms with Crippen molar-refractivity contribution in [3.63, 3.8) is 0 Å². The fourth-order valence-corrected chi connectivity index (χ4v) is 1.70. The number of carbonyl (C=O) groups is 1. The minimum atomic E-state index is -1.42. The largest absolute Gasteiger partial charge is 0.479 e. The van der Waals surface area contributed by atoms with Crippen LogP contribution < -0.4 is 0 Å². The lowest BCUT2D eigenvalue weighted by atomic mass is 10.3. The highest BCUT2D eigenvalue weighted by molar-refractivity contribution is 7.46. The maximum Gasteiger partial charge on any atom is 0.333 e. The number of hydrogen-bond donors (Lipinski definition) is 2. The van der Waals surface area contributed by atoms with Crippen LogP contribution in [0, 0.1) is 0 Å². The Morgan fingerprint density at radius 1 is 1.78 bits per heavy atom. The van der Waals surface area contributed by atoms with Crippen molar-refractivity contribution >= 4 is 14.3 Å². The molecule has 0 spiro atoms. The van der Waals surface area contributed by atoms with Crippen LogP contribution in [-0.2, 0) is 9.32 Å². The van der Waals surface area contributed by atoms with Crippen molar-refractivity contribution in [3.05, 3.63) is 0 Å². The summed E-state index contributed by atoms with van der Waals surface area (Å²) in [5.41, 5.74) is 0. The third kappa shape index (κ3) is 1.61. The van der Waals surface area contributed by atoms with E-state index in [-0.39, 0.29) is 0 Å². The molecule has 0 aromatic rings. The van der Waals surface area contributed by atoms with Crippen LogP contribution in [0.3, 0.4) is 0 Å². The average molecular weight is 150 g/mol. The second-order valence-electron chi connectivity index (χ2n) is 1.80. The molecule has 1 saturated heterocycles. The van der Waals surface area contributed by atoms with Crippen LogP contribution in [0.1, 0.15) is 6.42 Å². The molecule has 9 heavy (non-hydrogen) atoms. The van der Waals surface area contributed by atoms with Crippen molar-refractivity contribution < 1.29 is 19.3 Å². The van der Waals surface area contributed by atoms with E-state index in [2.05, 4.69) is 4.52 Å². The van der Waals surface area contributed by atoms with Crippen LogP contribution in [0.2, 0.25) is 0 Å². The SMILES string of the molecule is O=C(O)C1CCP(O)O1. The molecule has 52 valence electrons. The van der Waals surface area contributed by atoms with Crippen LogP contribution in [0.4, 0.5) is 0 Å². The highest BCUT2D eigenvalue weighted by atomic mass is 31.2. The number of carboxylic acid groups (broad SMARTS) is 1. The summed E-state index contributed by atoms with van der Waals surface area (Å²) in [6.07, 6.45) is 0.172. The van der Waals surface area contributed by atoms with Gasteiger partial charge in [-0.3, -0.25) is 0 Å². The molecule has 5 heteroatoms. The molecule has 1 aliphatic heterocycles. The van der Waals surface area contributed by atoms with Crippen LogP contribution in [0.15, 0.2) is 0 Å². The Kier molecular flexibility index (Phi) is 2.01. The van der Waals surface area contributed by atoms with E-state index in [0.717, 1.165) is 0 Å². The normalized spacial score (nSPS) is 34.8. The first-order chi connectivity index (χ1) is 4.20. The molecule has 1 rings (SSSR count). The minimum absolute atomic E-state index is 0.442. The van der Waals surface area contributed by atoms with E-state index in [4.69, 9.17) is 10.00 Å². The zero-order chi connectivity index (χ0) is 6.85. The van der Waals surface area contributed by atoms with E-state index in [0.29, 0.717) is 12.6 Å². The Hall–Kier alpha value is -0.180. The molecule has 0 aromatic carbocycles. The van der Waals surface area contributed by atoms with E-state index >= 15 is 0 Å². The first kappa shape index (κ1) is 6.93. The van der Waals surface area contributed by atoms with E-state index < -0.39 is 20.4 Å². The molecule has 1 aliphatic rings. The predicted molar refractivity (Wildman–Crippen MR) is 31.1 cm³/mol. The molecule has 2 unspecified atom stereocenters. The molecule has 0 aromatic heterocycles. The van der Waals surface area contributed by atoms with Gasteiger partial charge in [-0.1, -0.05) is 0 Å². The molecule has 0 aliphatic carbocycles. The summed E-state index contributed by atoms with van der Waals surface area (Å²) in [4.78, 5) is 18.8. The lowest BCUT2D eigenvalue weighted by Gasteiger charge is -2.01. The molecule has 0 saturated carbocycles. The number of aliphatic carboxylic acids is 1. The fourth-order valence-electron chi connectivity index (χ4n) is 0.649. The summed E-state index contributed by atoms with van der Waals surface area (Å²) in [5, 5.41) is 8.31. The lowest BCUT2D eigenvalue weighted by molar-refractivity contribution is -0.144. The molecule has 2 N–H and O–H groups in total. The van der Waals surface area contributed by atoms with Crippen molar-refractivity contribution in [2.45, 2.75) is 12.5 Å². The first-order valence-electron chi connectivity index (χ1n) is 2.56. The topological polar surface area (TPSA) is 66.8 Å². The van der Waals surface area contributed by atoms with E-state index in [1.54, 1.807) is 0 Å². The summed E-state index contributed by atoms with van der Waals surface area (Å²) in [6.45, 7) is 0. The summed E-state index contributed by atoms with van der Waals surface area (Å²) in [5.74, 6) is -0.978. The Morgan fingerprint density at radius 3 is 2.67 bits per heavy atom. The van der Waals surface area contributed by atoms with Crippen molar-refractivity contribution in [1.29, 1.82) is 0 Å². The summed E-state index contributed by atoms with van der Waals surface area (Å²) in [7, 11) is -1.42. The Labute approximate surface area is 53.4 Å². The van der Waals surface area contributed by atoms with Gasteiger partial charge in [-0.15, -0.1) is 0 Å². The van der Waals surface area contributed by atoms with Gasteiger partial charge in [0.05, 0.1) is 0 Å². The number of carboxylic acids is 1. The monoisotopic (exact) mass is 150 g/mol. The van der Waals surface area contributed by atoms with E-state index in [1.165, 1.54) is 0 Å². The summed E-state index contributed by atoms with van der Waals surface area (Å²) in [6, 6.07) is 0. The van der Waals surface area contributed by atoms with E-state index in [1.807, 2.05) is 0 Å². The zero-order valence-corrected chi connectivity index (χ0v) is 5.54. The quantitative estimate of drug-likeness (QED) is 0.522. The van der Waals surface area contributed by atoms with Crippen LogP contribution in [0.5, 0.6) is 0 Å². The third-order valence-electron chi connectivity index (χ3n) is 1.11. The fraction of sp³-hybridized carbons (Fsp3) is 0.750. The summed E-state index contributed by atoms with van der Waals surface area (Å²) >= 11 is 0. The summed E-state index contributed by atoms with van der Waals surface area (Å²) < 4.78 is 4.64. The maximum absolute atomic E-state index is 10.1. The highest BCUT2D eigenvalue weighted by Crippen LogP contribution is 2.41. The van der Waals surface area contributed by atoms with Crippen molar-refractivity contribution in [3.8, 4) is 0 Å². The molecule has 2 atom stereocenters. The zero-order valence-electron chi connectivity index (χ0n) is 4.65. The van der Waals surface area contributed by atoms with Crippen molar-refractivity contribution in [2.75, 3.05) is 6.16 Å². The standard InChI is InChI=1S/C4H7O4P/c5-4(6)3-1-2-9(7)8-3/h3,7H,1-2H2,(H,5,6). The van der Waals surface area contributed by atoms with Gasteiger partial charge < -0.3 is 14.5 Å². The smallest absolute Gasteiger partial charge is 0.333 e. The Balaban J connectivity index is 2.39. The van der Waals surface area contributed by atoms with Gasteiger partial charge in [-0.2, -0.15) is 0 Å². The van der Waals surface area contributed by atoms with Gasteiger partial charge in [-0.05, 0) is 6.42 Å². The van der Waals surface area contributed by atoms with Crippen LogP contribution >= 0.6 is 8.38 Å². The van der Waals surface area contributed by atoms with Crippen LogP contribution in [0.25, 0.3) is 0 Å². The molecule has 0 bridgehead atoms. The molecule has 1 fully saturated rings. The van der Waals surface area contributed by atoms with Gasteiger partial charge in [-0.25, -0.2) is 4.79 Å². The van der Waals surface area contributed by atoms with Crippen LogP contribution in [-0.4, -0.2) is 28.2 Å². The van der Waals surface area contributed by atoms with Gasteiger partial charge in [0.15, 0.2) is 14.5 Å². The van der Waals surface area contributed by atoms with Gasteiger partial charge in [0.2, 0.25) is 0 Å². The van der Waals surface area contributed by atoms with Crippen molar-refractivity contribution in [2.24, 2.45) is 0 Å². The van der Waals surface area contributed by atoms with E-state index in [9.17, 15) is 4.79 Å². The number of hydrogen-bond acceptors (Lipinski definition) is 3. The predicted octanol–water partition coefficient (Wildman–Crippen LogP) is 0.164. The van der Waals surface area contributed by atoms with Gasteiger partial charge in [0, 0.05) is 6.16 Å². The maximum atomic E-state index is 10.1. The molecular formula is C4H7O4P. The van der Waals surface area contributed by atoms with Gasteiger partial charge >= 0.3 is 5.97 Å². The van der Waals surface area contributed by atoms with Crippen molar-refractivity contribution in [1.82, 2.24) is 0 Å². The Morgan fingerprint density at radius 2 is 2.44 bits per heavy atom. The Bertz CT molecular complexity index is 126. The first-order valence-corrected chi connectivity index (χ1v) is 3.96. The number of rotatable bonds is 1. The molecule has 1 heterocycles. The van der Waals surface area contributed by atoms with Gasteiger partial charge in [0.25, 0.3) is 0 Å². The molecule has 4 nitrogen and oxygen atoms in total. The molecule has 0 radical (unpaired) electrons. The molecule has 0 amide bonds. The average Bonchev–Trinajstić information content (AvgIpc) is 2.14. The second-order valence-corrected chi connectivity index (χ2v) is 3.16. The lowest BCUT2D eigenvalue weighted by Crippen LogP contribution is -2.17. The highest BCUT2D eigenvalue weighted by Gasteiger charge is 2.29. The minimum Gasteiger partial charge on any atom is -0.479 e. The third-order valence-corrected chi connectivity index (χ3v) is 2.25. The second kappa shape index (κ2) is 2.60. The van der Waals surface area contributed by atoms with Gasteiger partial charge in [0.1, 0.15) is 0 Å². The molecular weight excluding hydrogens is 143 g/mol.